The van der Waals surface area contributed by atoms with Crippen LogP contribution in [0.3, 0.4) is 0 Å². The van der Waals surface area contributed by atoms with Gasteiger partial charge in [0.2, 0.25) is 0 Å². The third-order valence-electron chi connectivity index (χ3n) is 6.80. The quantitative estimate of drug-likeness (QED) is 0.224. The average Bonchev–Trinajstić information content (AvgIpc) is 3.47. The van der Waals surface area contributed by atoms with Gasteiger partial charge in [-0.25, -0.2) is 22.3 Å². The fourth-order valence-electron chi connectivity index (χ4n) is 4.83. The Bertz CT molecular complexity index is 1780. The van der Waals surface area contributed by atoms with E-state index in [0.717, 1.165) is 45.6 Å². The van der Waals surface area contributed by atoms with Gasteiger partial charge in [-0.2, -0.15) is 0 Å². The van der Waals surface area contributed by atoms with Crippen molar-refractivity contribution in [2.45, 2.75) is 69.8 Å². The smallest absolute Gasteiger partial charge is 0.411 e. The Balaban J connectivity index is 1.75. The number of nitrogens with zero attached hydrogens (tertiary/aromatic N) is 2. The highest BCUT2D eigenvalue weighted by molar-refractivity contribution is 7.92. The molecular formula is C31H33N3O14S. The highest BCUT2D eigenvalue weighted by atomic mass is 32.2. The van der Waals surface area contributed by atoms with Gasteiger partial charge in [-0.1, -0.05) is 35.5 Å². The molecule has 3 aromatic rings. The van der Waals surface area contributed by atoms with Crippen molar-refractivity contribution in [2.24, 2.45) is 0 Å². The number of ether oxygens (including phenoxy) is 6. The summed E-state index contributed by atoms with van der Waals surface area (Å²) in [5.74, 6) is -4.24. The molecule has 0 saturated carbocycles. The van der Waals surface area contributed by atoms with Crippen molar-refractivity contribution in [1.29, 1.82) is 0 Å². The summed E-state index contributed by atoms with van der Waals surface area (Å²) in [4.78, 5) is 61.6. The molecule has 1 aliphatic rings. The summed E-state index contributed by atoms with van der Waals surface area (Å²) in [7, 11) is -3.81. The molecule has 0 radical (unpaired) electrons. The van der Waals surface area contributed by atoms with Crippen LogP contribution in [0.25, 0.3) is 0 Å². The van der Waals surface area contributed by atoms with Crippen LogP contribution in [0.1, 0.15) is 32.1 Å². The highest BCUT2D eigenvalue weighted by Crippen LogP contribution is 2.36. The predicted molar refractivity (Wildman–Crippen MR) is 165 cm³/mol. The minimum Gasteiger partial charge on any atom is -0.467 e. The van der Waals surface area contributed by atoms with E-state index in [9.17, 15) is 32.4 Å². The summed E-state index contributed by atoms with van der Waals surface area (Å²) >= 11 is 0. The van der Waals surface area contributed by atoms with Gasteiger partial charge < -0.3 is 32.9 Å². The topological polar surface area (TPSA) is 216 Å². The lowest BCUT2D eigenvalue weighted by molar-refractivity contribution is -0.246. The van der Waals surface area contributed by atoms with Crippen molar-refractivity contribution in [2.75, 3.05) is 16.7 Å². The van der Waals surface area contributed by atoms with Crippen LogP contribution in [0.15, 0.2) is 70.1 Å². The van der Waals surface area contributed by atoms with Crippen LogP contribution in [0.4, 0.5) is 16.3 Å². The molecule has 49 heavy (non-hydrogen) atoms. The maximum Gasteiger partial charge on any atom is 0.411 e. The van der Waals surface area contributed by atoms with Crippen LogP contribution in [-0.4, -0.2) is 81.3 Å². The number of esters is 4. The maximum atomic E-state index is 14.4. The van der Waals surface area contributed by atoms with Gasteiger partial charge in [-0.05, 0) is 36.8 Å². The molecule has 1 saturated heterocycles. The number of aromatic nitrogens is 1. The Morgan fingerprint density at radius 3 is 2.00 bits per heavy atom. The number of carbonyl (C=O) groups excluding carboxylic acids is 5. The lowest BCUT2D eigenvalue weighted by Gasteiger charge is -2.46. The number of carbonyl (C=O) groups is 5. The Kier molecular flexibility index (Phi) is 11.6. The van der Waals surface area contributed by atoms with Gasteiger partial charge in [0.05, 0.1) is 12.0 Å². The molecule has 5 atom stereocenters. The molecule has 0 spiro atoms. The van der Waals surface area contributed by atoms with Crippen LogP contribution in [-0.2, 0) is 64.2 Å². The summed E-state index contributed by atoms with van der Waals surface area (Å²) in [6.07, 6.45) is -10.1. The number of rotatable bonds is 11. The number of amides is 1. The van der Waals surface area contributed by atoms with E-state index in [1.165, 1.54) is 25.1 Å². The second-order valence-corrected chi connectivity index (χ2v) is 12.3. The minimum absolute atomic E-state index is 0.00464. The fourth-order valence-corrected chi connectivity index (χ4v) is 6.32. The minimum atomic E-state index is -4.80. The zero-order chi connectivity index (χ0) is 35.9. The molecule has 0 unspecified atom stereocenters. The number of anilines is 2. The van der Waals surface area contributed by atoms with Gasteiger partial charge in [-0.3, -0.25) is 19.7 Å². The van der Waals surface area contributed by atoms with Gasteiger partial charge in [0.15, 0.2) is 36.5 Å². The Labute approximate surface area is 280 Å². The van der Waals surface area contributed by atoms with Gasteiger partial charge >= 0.3 is 30.0 Å². The molecule has 2 heterocycles. The first-order chi connectivity index (χ1) is 23.2. The van der Waals surface area contributed by atoms with Crippen molar-refractivity contribution in [3.63, 3.8) is 0 Å². The normalized spacial score (nSPS) is 20.3. The maximum absolute atomic E-state index is 14.4. The zero-order valence-electron chi connectivity index (χ0n) is 26.9. The Morgan fingerprint density at radius 2 is 1.45 bits per heavy atom. The second-order valence-electron chi connectivity index (χ2n) is 10.5. The number of hydrogen-bond donors (Lipinski definition) is 1. The highest BCUT2D eigenvalue weighted by Gasteiger charge is 2.58. The van der Waals surface area contributed by atoms with Crippen molar-refractivity contribution in [3.05, 3.63) is 72.0 Å². The first-order valence-electron chi connectivity index (χ1n) is 14.5. The van der Waals surface area contributed by atoms with Crippen LogP contribution in [0, 0.1) is 6.92 Å². The zero-order valence-corrected chi connectivity index (χ0v) is 27.7. The van der Waals surface area contributed by atoms with E-state index < -0.39 is 70.6 Å². The van der Waals surface area contributed by atoms with Crippen molar-refractivity contribution in [3.8, 4) is 0 Å². The van der Waals surface area contributed by atoms with E-state index >= 15 is 0 Å². The standard InChI is InChI=1S/C31H33N3O14S/c1-17-15-24(33-48-17)34(49(40,41)23-13-11-22(12-14-23)32-31(39)43-16-21-9-7-6-8-10-21)29-27(46-20(4)37)25(44-18(2)35)26(45-19(3)36)28(47-29)30(38)42-5/h6-15,25-29H,16H2,1-5H3,(H,32,39)/t25-,26-,27+,28-,29+/m0/s1. The lowest BCUT2D eigenvalue weighted by atomic mass is 9.96. The number of sulfonamides is 1. The monoisotopic (exact) mass is 703 g/mol. The van der Waals surface area contributed by atoms with Crippen LogP contribution < -0.4 is 9.62 Å². The van der Waals surface area contributed by atoms with Crippen molar-refractivity contribution in [1.82, 2.24) is 5.16 Å². The van der Waals surface area contributed by atoms with E-state index in [1.807, 2.05) is 6.07 Å². The van der Waals surface area contributed by atoms with E-state index in [4.69, 9.17) is 32.9 Å². The average molecular weight is 704 g/mol. The molecule has 1 amide bonds. The van der Waals surface area contributed by atoms with Crippen molar-refractivity contribution >= 4 is 51.5 Å². The lowest BCUT2D eigenvalue weighted by Crippen LogP contribution is -2.67. The van der Waals surface area contributed by atoms with Crippen LogP contribution >= 0.6 is 0 Å². The predicted octanol–water partition coefficient (Wildman–Crippen LogP) is 2.62. The molecule has 1 N–H and O–H groups in total. The summed E-state index contributed by atoms with van der Waals surface area (Å²) in [6.45, 7) is 4.46. The molecule has 4 rings (SSSR count). The molecule has 262 valence electrons. The SMILES string of the molecule is COC(=O)[C@H]1O[C@@H](N(c2cc(C)on2)S(=O)(=O)c2ccc(NC(=O)OCc3ccccc3)cc2)[C@H](OC(C)=O)[C@@H](OC(C)=O)[C@@H]1OC(C)=O. The second kappa shape index (κ2) is 15.6. The molecular weight excluding hydrogens is 670 g/mol. The van der Waals surface area contributed by atoms with Gasteiger partial charge in [0, 0.05) is 32.5 Å². The largest absolute Gasteiger partial charge is 0.467 e. The fraction of sp³-hybridized carbons (Fsp3) is 0.355. The Hall–Kier alpha value is -5.49. The molecule has 17 nitrogen and oxygen atoms in total. The van der Waals surface area contributed by atoms with E-state index in [-0.39, 0.29) is 28.8 Å². The molecule has 18 heteroatoms. The first kappa shape index (κ1) is 36.3. The molecule has 2 aromatic carbocycles. The van der Waals surface area contributed by atoms with Gasteiger partial charge in [0.25, 0.3) is 10.0 Å². The first-order valence-corrected chi connectivity index (χ1v) is 16.0. The van der Waals surface area contributed by atoms with Gasteiger partial charge in [-0.15, -0.1) is 0 Å². The molecule has 1 aliphatic heterocycles. The Morgan fingerprint density at radius 1 is 0.857 bits per heavy atom. The molecule has 0 bridgehead atoms. The summed E-state index contributed by atoms with van der Waals surface area (Å²) in [5, 5.41) is 6.31. The van der Waals surface area contributed by atoms with E-state index in [0.29, 0.717) is 4.31 Å². The summed E-state index contributed by atoms with van der Waals surface area (Å²) < 4.78 is 66.5. The van der Waals surface area contributed by atoms with Crippen molar-refractivity contribution < 1.29 is 65.3 Å². The summed E-state index contributed by atoms with van der Waals surface area (Å²) in [5.41, 5.74) is 0.932. The number of benzene rings is 2. The molecule has 0 aliphatic carbocycles. The number of methoxy groups -OCH3 is 1. The van der Waals surface area contributed by atoms with Crippen LogP contribution in [0.2, 0.25) is 0 Å². The van der Waals surface area contributed by atoms with Gasteiger partial charge in [0.1, 0.15) is 12.4 Å². The van der Waals surface area contributed by atoms with E-state index in [1.54, 1.807) is 24.3 Å². The number of hydrogen-bond acceptors (Lipinski definition) is 15. The summed E-state index contributed by atoms with van der Waals surface area (Å²) in [6, 6.07) is 15.0. The number of nitrogens with one attached hydrogen (secondary N) is 1. The third kappa shape index (κ3) is 8.90. The number of aryl methyl sites for hydroxylation is 1. The van der Waals surface area contributed by atoms with Crippen LogP contribution in [0.5, 0.6) is 0 Å². The van der Waals surface area contributed by atoms with E-state index in [2.05, 4.69) is 10.5 Å². The molecule has 1 fully saturated rings. The third-order valence-corrected chi connectivity index (χ3v) is 8.58. The molecule has 1 aromatic heterocycles.